The highest BCUT2D eigenvalue weighted by Crippen LogP contribution is 2.40. The lowest BCUT2D eigenvalue weighted by atomic mass is 9.75. The third-order valence-electron chi connectivity index (χ3n) is 11.1. The first-order valence-corrected chi connectivity index (χ1v) is 17.5. The van der Waals surface area contributed by atoms with Crippen molar-refractivity contribution in [3.63, 3.8) is 0 Å². The van der Waals surface area contributed by atoms with Crippen LogP contribution in [0.5, 0.6) is 0 Å². The third kappa shape index (κ3) is 8.23. The van der Waals surface area contributed by atoms with Crippen LogP contribution in [0.3, 0.4) is 0 Å². The number of rotatable bonds is 4. The zero-order valence-corrected chi connectivity index (χ0v) is 27.8. The molecule has 1 amide bonds. The standard InChI is InChI=1S/C37H55NO7/c1-5-28(22-27-14-8-6-9-15-27)32-18-11-7-10-17-31(39)26(4)33(40)25(3)29-20-19-24(2)34(41)37(44,23-29)36(43)38-21-13-12-16-30(38)35(42)45-32/h6,8-9,14-15,24-26,28-30,32-33,40,44H,5,7,10-13,16-23H2,1-4H3/t24-,25+,26-,28-,29-,30+,32+,33-,37?/m1/s1. The summed E-state index contributed by atoms with van der Waals surface area (Å²) in [6.07, 6.45) is 6.25. The van der Waals surface area contributed by atoms with Gasteiger partial charge in [-0.15, -0.1) is 0 Å². The molecule has 0 aromatic heterocycles. The van der Waals surface area contributed by atoms with E-state index >= 15 is 0 Å². The SMILES string of the molecule is CC[C@H](Cc1ccccc1)[C@@H]1CCCCCC(=O)[C@@H](C)[C@H](O)[C@@H](C)[C@@H]2CC[C@@H](C)C(=O)C(O)(C2)C(=O)N2CCCC[C@H]2C(=O)O1. The first kappa shape index (κ1) is 35.3. The second-order valence-corrected chi connectivity index (χ2v) is 14.2. The van der Waals surface area contributed by atoms with Crippen molar-refractivity contribution in [2.24, 2.45) is 29.6 Å². The van der Waals surface area contributed by atoms with E-state index in [0.29, 0.717) is 44.9 Å². The van der Waals surface area contributed by atoms with Gasteiger partial charge in [0.05, 0.1) is 6.10 Å². The molecule has 9 atom stereocenters. The molecule has 1 aromatic carbocycles. The predicted octanol–water partition coefficient (Wildman–Crippen LogP) is 5.45. The van der Waals surface area contributed by atoms with Crippen LogP contribution in [-0.2, 0) is 30.3 Å². The van der Waals surface area contributed by atoms with Gasteiger partial charge >= 0.3 is 5.97 Å². The summed E-state index contributed by atoms with van der Waals surface area (Å²) in [6.45, 7) is 7.70. The number of piperidine rings is 1. The van der Waals surface area contributed by atoms with Gasteiger partial charge < -0.3 is 19.8 Å². The Labute approximate surface area is 269 Å². The summed E-state index contributed by atoms with van der Waals surface area (Å²) >= 11 is 0. The zero-order valence-electron chi connectivity index (χ0n) is 27.8. The molecule has 0 radical (unpaired) electrons. The Bertz CT molecular complexity index is 1170. The second-order valence-electron chi connectivity index (χ2n) is 14.2. The van der Waals surface area contributed by atoms with Crippen LogP contribution in [0.25, 0.3) is 0 Å². The van der Waals surface area contributed by atoms with Gasteiger partial charge in [-0.05, 0) is 93.9 Å². The molecule has 8 nitrogen and oxygen atoms in total. The minimum absolute atomic E-state index is 0.00507. The van der Waals surface area contributed by atoms with E-state index in [2.05, 4.69) is 19.1 Å². The minimum atomic E-state index is -2.30. The number of esters is 1. The van der Waals surface area contributed by atoms with Gasteiger partial charge in [0.1, 0.15) is 17.9 Å². The Morgan fingerprint density at radius 1 is 0.933 bits per heavy atom. The number of fused-ring (bicyclic) bond motifs is 3. The summed E-state index contributed by atoms with van der Waals surface area (Å²) in [6, 6.07) is 9.28. The Morgan fingerprint density at radius 2 is 1.64 bits per heavy atom. The highest BCUT2D eigenvalue weighted by Gasteiger charge is 2.54. The molecular formula is C37H55NO7. The van der Waals surface area contributed by atoms with E-state index < -0.39 is 53.2 Å². The average molecular weight is 626 g/mol. The second kappa shape index (κ2) is 15.8. The predicted molar refractivity (Wildman–Crippen MR) is 172 cm³/mol. The molecule has 8 heteroatoms. The van der Waals surface area contributed by atoms with Gasteiger partial charge in [-0.3, -0.25) is 14.4 Å². The van der Waals surface area contributed by atoms with Crippen LogP contribution in [0.4, 0.5) is 0 Å². The molecule has 3 aliphatic rings. The fourth-order valence-electron chi connectivity index (χ4n) is 7.93. The lowest BCUT2D eigenvalue weighted by molar-refractivity contribution is -0.175. The number of nitrogens with zero attached hydrogens (tertiary/aromatic N) is 1. The molecule has 2 heterocycles. The number of carbonyl (C=O) groups excluding carboxylic acids is 4. The largest absolute Gasteiger partial charge is 0.461 e. The van der Waals surface area contributed by atoms with Gasteiger partial charge in [-0.2, -0.15) is 0 Å². The number of amides is 1. The van der Waals surface area contributed by atoms with Crippen LogP contribution in [0, 0.1) is 29.6 Å². The van der Waals surface area contributed by atoms with Crippen LogP contribution in [-0.4, -0.2) is 69.0 Å². The third-order valence-corrected chi connectivity index (χ3v) is 11.1. The summed E-state index contributed by atoms with van der Waals surface area (Å²) in [4.78, 5) is 56.5. The lowest BCUT2D eigenvalue weighted by Gasteiger charge is -2.41. The van der Waals surface area contributed by atoms with Crippen molar-refractivity contribution in [1.82, 2.24) is 4.90 Å². The summed E-state index contributed by atoms with van der Waals surface area (Å²) < 4.78 is 6.32. The summed E-state index contributed by atoms with van der Waals surface area (Å²) in [5.41, 5.74) is -1.14. The van der Waals surface area contributed by atoms with Gasteiger partial charge in [-0.1, -0.05) is 64.4 Å². The number of aliphatic hydroxyl groups is 2. The first-order chi connectivity index (χ1) is 21.5. The number of ether oxygens (including phenoxy) is 1. The normalized spacial score (nSPS) is 35.4. The van der Waals surface area contributed by atoms with Gasteiger partial charge in [0.15, 0.2) is 5.78 Å². The van der Waals surface area contributed by atoms with Crippen LogP contribution in [0.1, 0.15) is 110 Å². The molecular weight excluding hydrogens is 570 g/mol. The Kier molecular flexibility index (Phi) is 12.4. The Hall–Kier alpha value is -2.58. The molecule has 2 saturated heterocycles. The summed E-state index contributed by atoms with van der Waals surface area (Å²) in [5.74, 6) is -3.55. The van der Waals surface area contributed by atoms with Crippen molar-refractivity contribution in [2.75, 3.05) is 6.54 Å². The molecule has 250 valence electrons. The van der Waals surface area contributed by atoms with Gasteiger partial charge in [0.2, 0.25) is 5.60 Å². The highest BCUT2D eigenvalue weighted by atomic mass is 16.5. The number of carbonyl (C=O) groups is 4. The van der Waals surface area contributed by atoms with E-state index in [4.69, 9.17) is 4.74 Å². The monoisotopic (exact) mass is 625 g/mol. The Balaban J connectivity index is 1.68. The first-order valence-electron chi connectivity index (χ1n) is 17.5. The van der Waals surface area contributed by atoms with Gasteiger partial charge in [0, 0.05) is 24.8 Å². The molecule has 2 N–H and O–H groups in total. The summed E-state index contributed by atoms with van der Waals surface area (Å²) in [5, 5.41) is 23.3. The number of cyclic esters (lactones) is 1. The van der Waals surface area contributed by atoms with Crippen molar-refractivity contribution in [2.45, 2.75) is 135 Å². The van der Waals surface area contributed by atoms with Gasteiger partial charge in [-0.25, -0.2) is 4.79 Å². The van der Waals surface area contributed by atoms with Crippen LogP contribution in [0.15, 0.2) is 30.3 Å². The number of aliphatic hydroxyl groups excluding tert-OH is 1. The minimum Gasteiger partial charge on any atom is -0.461 e. The van der Waals surface area contributed by atoms with Crippen molar-refractivity contribution in [1.29, 1.82) is 0 Å². The number of ketones is 2. The molecule has 1 unspecified atom stereocenters. The summed E-state index contributed by atoms with van der Waals surface area (Å²) in [7, 11) is 0. The zero-order chi connectivity index (χ0) is 32.7. The molecule has 3 fully saturated rings. The van der Waals surface area contributed by atoms with Gasteiger partial charge in [0.25, 0.3) is 5.91 Å². The lowest BCUT2D eigenvalue weighted by Crippen LogP contribution is -2.61. The smallest absolute Gasteiger partial charge is 0.329 e. The fourth-order valence-corrected chi connectivity index (χ4v) is 7.93. The van der Waals surface area contributed by atoms with Crippen molar-refractivity contribution in [3.05, 3.63) is 35.9 Å². The van der Waals surface area contributed by atoms with E-state index in [0.717, 1.165) is 32.1 Å². The van der Waals surface area contributed by atoms with Crippen molar-refractivity contribution in [3.8, 4) is 0 Å². The molecule has 0 spiro atoms. The molecule has 1 aliphatic carbocycles. The molecule has 1 aromatic rings. The van der Waals surface area contributed by atoms with E-state index in [1.807, 2.05) is 25.1 Å². The van der Waals surface area contributed by atoms with Crippen molar-refractivity contribution >= 4 is 23.4 Å². The van der Waals surface area contributed by atoms with Crippen LogP contribution in [0.2, 0.25) is 0 Å². The maximum atomic E-state index is 14.3. The quantitative estimate of drug-likeness (QED) is 0.337. The van der Waals surface area contributed by atoms with E-state index in [1.165, 1.54) is 10.5 Å². The fraction of sp³-hybridized carbons (Fsp3) is 0.730. The number of hydrogen-bond donors (Lipinski definition) is 2. The van der Waals surface area contributed by atoms with Crippen LogP contribution >= 0.6 is 0 Å². The Morgan fingerprint density at radius 3 is 2.36 bits per heavy atom. The number of hydrogen-bond acceptors (Lipinski definition) is 7. The van der Waals surface area contributed by atoms with E-state index in [-0.39, 0.29) is 36.7 Å². The molecule has 2 bridgehead atoms. The van der Waals surface area contributed by atoms with Crippen molar-refractivity contribution < 1.29 is 34.1 Å². The molecule has 2 aliphatic heterocycles. The average Bonchev–Trinajstić information content (AvgIpc) is 3.17. The van der Waals surface area contributed by atoms with E-state index in [1.54, 1.807) is 13.8 Å². The molecule has 4 rings (SSSR count). The number of Topliss-reactive ketones (excluding diaryl/α,β-unsaturated/α-hetero) is 2. The number of benzene rings is 1. The van der Waals surface area contributed by atoms with Crippen LogP contribution < -0.4 is 0 Å². The maximum Gasteiger partial charge on any atom is 0.329 e. The maximum absolute atomic E-state index is 14.3. The molecule has 1 saturated carbocycles. The molecule has 45 heavy (non-hydrogen) atoms. The van der Waals surface area contributed by atoms with E-state index in [9.17, 15) is 29.4 Å². The highest BCUT2D eigenvalue weighted by molar-refractivity contribution is 6.10. The topological polar surface area (TPSA) is 121 Å².